The summed E-state index contributed by atoms with van der Waals surface area (Å²) in [5.41, 5.74) is 0.797. The van der Waals surface area contributed by atoms with Crippen molar-refractivity contribution in [2.75, 3.05) is 6.54 Å². The monoisotopic (exact) mass is 344 g/mol. The van der Waals surface area contributed by atoms with E-state index in [-0.39, 0.29) is 54.5 Å². The van der Waals surface area contributed by atoms with Crippen LogP contribution in [0.5, 0.6) is 0 Å². The molecule has 2 bridgehead atoms. The Bertz CT molecular complexity index is 730. The Morgan fingerprint density at radius 2 is 1.75 bits per heavy atom. The number of imide groups is 1. The molecule has 1 saturated heterocycles. The molecule has 0 spiro atoms. The summed E-state index contributed by atoms with van der Waals surface area (Å²) >= 11 is 6.05. The molecule has 1 heterocycles. The van der Waals surface area contributed by atoms with Crippen molar-refractivity contribution >= 4 is 29.3 Å². The Balaban J connectivity index is 1.39. The molecule has 0 radical (unpaired) electrons. The Morgan fingerprint density at radius 1 is 1.12 bits per heavy atom. The number of hydrogen-bond donors (Lipinski definition) is 1. The van der Waals surface area contributed by atoms with Crippen LogP contribution in [-0.4, -0.2) is 29.2 Å². The van der Waals surface area contributed by atoms with Gasteiger partial charge in [-0.15, -0.1) is 0 Å². The predicted octanol–water partition coefficient (Wildman–Crippen LogP) is 1.76. The molecule has 1 saturated carbocycles. The molecular formula is C18H17ClN2O3. The van der Waals surface area contributed by atoms with E-state index in [1.54, 1.807) is 6.07 Å². The minimum Gasteiger partial charge on any atom is -0.350 e. The van der Waals surface area contributed by atoms with Gasteiger partial charge in [0.25, 0.3) is 0 Å². The van der Waals surface area contributed by atoms with Gasteiger partial charge in [-0.2, -0.15) is 0 Å². The maximum atomic E-state index is 12.5. The lowest BCUT2D eigenvalue weighted by molar-refractivity contribution is -0.144. The van der Waals surface area contributed by atoms with Crippen molar-refractivity contribution in [3.05, 3.63) is 47.0 Å². The van der Waals surface area contributed by atoms with E-state index in [0.29, 0.717) is 5.02 Å². The molecule has 6 heteroatoms. The summed E-state index contributed by atoms with van der Waals surface area (Å²) in [7, 11) is 0. The smallest absolute Gasteiger partial charge is 0.240 e. The van der Waals surface area contributed by atoms with Crippen molar-refractivity contribution in [1.29, 1.82) is 0 Å². The second-order valence-corrected chi connectivity index (χ2v) is 7.04. The Labute approximate surface area is 144 Å². The van der Waals surface area contributed by atoms with Crippen molar-refractivity contribution in [3.63, 3.8) is 0 Å². The van der Waals surface area contributed by atoms with Crippen LogP contribution in [0, 0.1) is 23.7 Å². The van der Waals surface area contributed by atoms with Crippen LogP contribution in [0.1, 0.15) is 12.0 Å². The van der Waals surface area contributed by atoms with Crippen LogP contribution in [-0.2, 0) is 20.9 Å². The maximum Gasteiger partial charge on any atom is 0.240 e. The van der Waals surface area contributed by atoms with Crippen LogP contribution >= 0.6 is 11.6 Å². The first-order valence-corrected chi connectivity index (χ1v) is 8.47. The first-order valence-electron chi connectivity index (χ1n) is 8.10. The van der Waals surface area contributed by atoms with Crippen LogP contribution < -0.4 is 5.32 Å². The third-order valence-electron chi connectivity index (χ3n) is 5.30. The lowest BCUT2D eigenvalue weighted by Gasteiger charge is -2.17. The molecule has 1 aromatic carbocycles. The van der Waals surface area contributed by atoms with Crippen LogP contribution in [0.3, 0.4) is 0 Å². The fourth-order valence-electron chi connectivity index (χ4n) is 4.15. The van der Waals surface area contributed by atoms with E-state index in [9.17, 15) is 14.4 Å². The molecule has 0 aromatic heterocycles. The number of nitrogens with zero attached hydrogens (tertiary/aromatic N) is 1. The molecule has 3 aliphatic rings. The molecule has 24 heavy (non-hydrogen) atoms. The molecule has 2 fully saturated rings. The second kappa shape index (κ2) is 5.74. The molecule has 3 amide bonds. The van der Waals surface area contributed by atoms with Crippen LogP contribution in [0.15, 0.2) is 36.4 Å². The van der Waals surface area contributed by atoms with Crippen LogP contribution in [0.25, 0.3) is 0 Å². The zero-order valence-corrected chi connectivity index (χ0v) is 13.7. The van der Waals surface area contributed by atoms with Gasteiger partial charge in [0.05, 0.1) is 11.8 Å². The largest absolute Gasteiger partial charge is 0.350 e. The summed E-state index contributed by atoms with van der Waals surface area (Å²) in [5.74, 6) is -0.950. The number of benzene rings is 1. The van der Waals surface area contributed by atoms with E-state index in [4.69, 9.17) is 11.6 Å². The van der Waals surface area contributed by atoms with E-state index >= 15 is 0 Å². The minimum atomic E-state index is -0.350. The molecule has 2 aliphatic carbocycles. The maximum absolute atomic E-state index is 12.5. The predicted molar refractivity (Wildman–Crippen MR) is 87.7 cm³/mol. The van der Waals surface area contributed by atoms with Crippen molar-refractivity contribution in [2.45, 2.75) is 13.0 Å². The zero-order valence-electron chi connectivity index (χ0n) is 12.9. The van der Waals surface area contributed by atoms with Gasteiger partial charge in [0.1, 0.15) is 6.54 Å². The number of carbonyl (C=O) groups is 3. The molecule has 0 unspecified atom stereocenters. The van der Waals surface area contributed by atoms with Gasteiger partial charge in [0, 0.05) is 11.6 Å². The number of likely N-dealkylation sites (tertiary alicyclic amines) is 1. The standard InChI is InChI=1S/C18H17ClN2O3/c19-13-4-2-1-3-12(13)8-20-14(22)9-21-17(23)15-10-5-6-11(7-10)16(15)18(21)24/h1-6,10-11,15-16H,7-9H2,(H,20,22)/t10-,11-,15-,16+/m0/s1. The second-order valence-electron chi connectivity index (χ2n) is 6.63. The first-order chi connectivity index (χ1) is 11.6. The fourth-order valence-corrected chi connectivity index (χ4v) is 4.36. The topological polar surface area (TPSA) is 66.5 Å². The third-order valence-corrected chi connectivity index (χ3v) is 5.67. The molecule has 4 rings (SSSR count). The minimum absolute atomic E-state index is 0.160. The molecule has 1 N–H and O–H groups in total. The average molecular weight is 345 g/mol. The van der Waals surface area contributed by atoms with Crippen molar-refractivity contribution in [2.24, 2.45) is 23.7 Å². The number of carbonyl (C=O) groups excluding carboxylic acids is 3. The highest BCUT2D eigenvalue weighted by molar-refractivity contribution is 6.31. The van der Waals surface area contributed by atoms with Gasteiger partial charge in [-0.3, -0.25) is 19.3 Å². The van der Waals surface area contributed by atoms with Crippen molar-refractivity contribution in [3.8, 4) is 0 Å². The summed E-state index contributed by atoms with van der Waals surface area (Å²) in [5, 5.41) is 3.30. The van der Waals surface area contributed by atoms with Gasteiger partial charge in [-0.05, 0) is 29.9 Å². The molecule has 1 aromatic rings. The molecule has 1 aliphatic heterocycles. The highest BCUT2D eigenvalue weighted by Gasteiger charge is 2.59. The normalized spacial score (nSPS) is 30.1. The number of rotatable bonds is 4. The quantitative estimate of drug-likeness (QED) is 0.668. The van der Waals surface area contributed by atoms with Gasteiger partial charge in [0.2, 0.25) is 17.7 Å². The number of halogens is 1. The Kier molecular flexibility index (Phi) is 3.68. The highest BCUT2D eigenvalue weighted by Crippen LogP contribution is 2.52. The SMILES string of the molecule is O=C(CN1C(=O)[C@@H]2[C@H](C1=O)[C@H]1C=C[C@H]2C1)NCc1ccccc1Cl. The number of amides is 3. The van der Waals surface area contributed by atoms with Gasteiger partial charge >= 0.3 is 0 Å². The van der Waals surface area contributed by atoms with E-state index in [2.05, 4.69) is 5.32 Å². The van der Waals surface area contributed by atoms with Gasteiger partial charge in [0.15, 0.2) is 0 Å². The lowest BCUT2D eigenvalue weighted by Crippen LogP contribution is -2.41. The number of nitrogens with one attached hydrogen (secondary N) is 1. The van der Waals surface area contributed by atoms with Crippen molar-refractivity contribution in [1.82, 2.24) is 10.2 Å². The summed E-state index contributed by atoms with van der Waals surface area (Å²) in [4.78, 5) is 38.3. The van der Waals surface area contributed by atoms with E-state index < -0.39 is 0 Å². The molecule has 124 valence electrons. The first kappa shape index (κ1) is 15.4. The number of fused-ring (bicyclic) bond motifs is 5. The lowest BCUT2D eigenvalue weighted by atomic mass is 9.85. The van der Waals surface area contributed by atoms with Gasteiger partial charge < -0.3 is 5.32 Å². The summed E-state index contributed by atoms with van der Waals surface area (Å²) < 4.78 is 0. The summed E-state index contributed by atoms with van der Waals surface area (Å²) in [6.45, 7) is 0.0585. The Hall–Kier alpha value is -2.14. The van der Waals surface area contributed by atoms with E-state index in [1.807, 2.05) is 30.4 Å². The average Bonchev–Trinajstić information content (AvgIpc) is 3.24. The molecule has 5 nitrogen and oxygen atoms in total. The van der Waals surface area contributed by atoms with Gasteiger partial charge in [-0.1, -0.05) is 42.0 Å². The zero-order chi connectivity index (χ0) is 16.8. The summed E-state index contributed by atoms with van der Waals surface area (Å²) in [6, 6.07) is 7.23. The van der Waals surface area contributed by atoms with Crippen LogP contribution in [0.2, 0.25) is 5.02 Å². The van der Waals surface area contributed by atoms with Crippen molar-refractivity contribution < 1.29 is 14.4 Å². The highest BCUT2D eigenvalue weighted by atomic mass is 35.5. The number of allylic oxidation sites excluding steroid dienone is 2. The third kappa shape index (κ3) is 2.35. The van der Waals surface area contributed by atoms with E-state index in [0.717, 1.165) is 16.9 Å². The van der Waals surface area contributed by atoms with E-state index in [1.165, 1.54) is 0 Å². The Morgan fingerprint density at radius 3 is 2.38 bits per heavy atom. The number of hydrogen-bond acceptors (Lipinski definition) is 3. The molecular weight excluding hydrogens is 328 g/mol. The van der Waals surface area contributed by atoms with Crippen LogP contribution in [0.4, 0.5) is 0 Å². The fraction of sp³-hybridized carbons (Fsp3) is 0.389. The molecule has 4 atom stereocenters. The summed E-state index contributed by atoms with van der Waals surface area (Å²) in [6.07, 6.45) is 4.97. The van der Waals surface area contributed by atoms with Gasteiger partial charge in [-0.25, -0.2) is 0 Å².